The number of nitriles is 1. The van der Waals surface area contributed by atoms with Crippen molar-refractivity contribution in [2.45, 2.75) is 19.4 Å². The molecular formula is C11H12BrFN2O. The average Bonchev–Trinajstić information content (AvgIpc) is 2.31. The monoisotopic (exact) mass is 286 g/mol. The largest absolute Gasteiger partial charge is 0.394 e. The van der Waals surface area contributed by atoms with Crippen molar-refractivity contribution in [3.05, 3.63) is 28.0 Å². The van der Waals surface area contributed by atoms with Gasteiger partial charge in [-0.05, 0) is 34.5 Å². The quantitative estimate of drug-likeness (QED) is 0.895. The summed E-state index contributed by atoms with van der Waals surface area (Å²) >= 11 is 3.02. The summed E-state index contributed by atoms with van der Waals surface area (Å²) in [5.41, 5.74) is 0.534. The van der Waals surface area contributed by atoms with Gasteiger partial charge in [0.05, 0.1) is 22.3 Å². The van der Waals surface area contributed by atoms with E-state index in [1.165, 1.54) is 12.1 Å². The summed E-state index contributed by atoms with van der Waals surface area (Å²) in [5, 5.41) is 20.6. The smallest absolute Gasteiger partial charge is 0.161 e. The van der Waals surface area contributed by atoms with Crippen LogP contribution in [0, 0.1) is 17.1 Å². The highest BCUT2D eigenvalue weighted by Crippen LogP contribution is 2.27. The zero-order valence-electron chi connectivity index (χ0n) is 8.80. The van der Waals surface area contributed by atoms with E-state index in [0.717, 1.165) is 0 Å². The maximum atomic E-state index is 13.7. The van der Waals surface area contributed by atoms with Crippen LogP contribution < -0.4 is 5.32 Å². The first-order chi connectivity index (χ1) is 7.63. The minimum atomic E-state index is -0.508. The third-order valence-corrected chi connectivity index (χ3v) is 3.05. The molecule has 0 aliphatic carbocycles. The molecule has 0 radical (unpaired) electrons. The zero-order chi connectivity index (χ0) is 12.1. The van der Waals surface area contributed by atoms with Crippen molar-refractivity contribution in [1.82, 2.24) is 0 Å². The van der Waals surface area contributed by atoms with Crippen LogP contribution in [0.5, 0.6) is 0 Å². The van der Waals surface area contributed by atoms with Crippen molar-refractivity contribution < 1.29 is 9.50 Å². The van der Waals surface area contributed by atoms with Crippen molar-refractivity contribution >= 4 is 21.6 Å². The SMILES string of the molecule is CCC(CO)Nc1ccc(C#N)c(Br)c1F. The first-order valence-electron chi connectivity index (χ1n) is 4.89. The molecule has 1 rings (SSSR count). The van der Waals surface area contributed by atoms with Gasteiger partial charge in [0.1, 0.15) is 6.07 Å². The highest BCUT2D eigenvalue weighted by molar-refractivity contribution is 9.10. The van der Waals surface area contributed by atoms with Gasteiger partial charge in [-0.25, -0.2) is 4.39 Å². The van der Waals surface area contributed by atoms with Gasteiger partial charge in [-0.1, -0.05) is 6.92 Å². The molecule has 0 aliphatic heterocycles. The molecule has 0 spiro atoms. The lowest BCUT2D eigenvalue weighted by Gasteiger charge is -2.16. The van der Waals surface area contributed by atoms with Crippen molar-refractivity contribution in [3.8, 4) is 6.07 Å². The maximum absolute atomic E-state index is 13.7. The Morgan fingerprint density at radius 2 is 2.31 bits per heavy atom. The fourth-order valence-corrected chi connectivity index (χ4v) is 1.68. The number of benzene rings is 1. The van der Waals surface area contributed by atoms with E-state index in [2.05, 4.69) is 21.2 Å². The Balaban J connectivity index is 2.99. The second-order valence-electron chi connectivity index (χ2n) is 3.33. The van der Waals surface area contributed by atoms with Gasteiger partial charge < -0.3 is 10.4 Å². The molecule has 3 nitrogen and oxygen atoms in total. The summed E-state index contributed by atoms with van der Waals surface area (Å²) in [7, 11) is 0. The Morgan fingerprint density at radius 1 is 1.62 bits per heavy atom. The predicted molar refractivity (Wildman–Crippen MR) is 63.6 cm³/mol. The van der Waals surface area contributed by atoms with Crippen LogP contribution in [0.1, 0.15) is 18.9 Å². The fourth-order valence-electron chi connectivity index (χ4n) is 1.24. The molecular weight excluding hydrogens is 275 g/mol. The topological polar surface area (TPSA) is 56.0 Å². The molecule has 1 aromatic carbocycles. The lowest BCUT2D eigenvalue weighted by atomic mass is 10.2. The Morgan fingerprint density at radius 3 is 2.81 bits per heavy atom. The van der Waals surface area contributed by atoms with Crippen LogP contribution in [-0.2, 0) is 0 Å². The van der Waals surface area contributed by atoms with Crippen LogP contribution in [-0.4, -0.2) is 17.8 Å². The molecule has 0 aromatic heterocycles. The molecule has 0 amide bonds. The molecule has 1 atom stereocenters. The van der Waals surface area contributed by atoms with Gasteiger partial charge >= 0.3 is 0 Å². The number of aliphatic hydroxyl groups is 1. The Kier molecular flexibility index (Phi) is 4.71. The summed E-state index contributed by atoms with van der Waals surface area (Å²) in [6.07, 6.45) is 0.688. The molecule has 0 fully saturated rings. The normalized spacial score (nSPS) is 11.9. The lowest BCUT2D eigenvalue weighted by molar-refractivity contribution is 0.271. The molecule has 0 saturated carbocycles. The molecule has 1 unspecified atom stereocenters. The first kappa shape index (κ1) is 12.9. The number of hydrogen-bond acceptors (Lipinski definition) is 3. The van der Waals surface area contributed by atoms with E-state index in [0.29, 0.717) is 6.42 Å². The highest BCUT2D eigenvalue weighted by atomic mass is 79.9. The molecule has 0 aliphatic rings. The number of aliphatic hydroxyl groups excluding tert-OH is 1. The predicted octanol–water partition coefficient (Wildman–Crippen LogP) is 2.64. The van der Waals surface area contributed by atoms with Crippen LogP contribution in [0.2, 0.25) is 0 Å². The van der Waals surface area contributed by atoms with Crippen LogP contribution in [0.3, 0.4) is 0 Å². The molecule has 0 saturated heterocycles. The van der Waals surface area contributed by atoms with Crippen LogP contribution >= 0.6 is 15.9 Å². The van der Waals surface area contributed by atoms with E-state index >= 15 is 0 Å². The van der Waals surface area contributed by atoms with E-state index in [-0.39, 0.29) is 28.4 Å². The van der Waals surface area contributed by atoms with E-state index in [4.69, 9.17) is 10.4 Å². The minimum absolute atomic E-state index is 0.0619. The molecule has 0 heterocycles. The van der Waals surface area contributed by atoms with Gasteiger partial charge in [0.2, 0.25) is 0 Å². The number of halogens is 2. The number of rotatable bonds is 4. The first-order valence-corrected chi connectivity index (χ1v) is 5.68. The van der Waals surface area contributed by atoms with Gasteiger partial charge in [-0.2, -0.15) is 5.26 Å². The molecule has 2 N–H and O–H groups in total. The second kappa shape index (κ2) is 5.83. The average molecular weight is 287 g/mol. The molecule has 1 aromatic rings. The zero-order valence-corrected chi connectivity index (χ0v) is 10.4. The van der Waals surface area contributed by atoms with Crippen LogP contribution in [0.4, 0.5) is 10.1 Å². The molecule has 86 valence electrons. The van der Waals surface area contributed by atoms with Gasteiger partial charge in [0.15, 0.2) is 5.82 Å². The van der Waals surface area contributed by atoms with E-state index in [1.54, 1.807) is 0 Å². The van der Waals surface area contributed by atoms with Gasteiger partial charge in [0, 0.05) is 6.04 Å². The summed E-state index contributed by atoms with van der Waals surface area (Å²) in [4.78, 5) is 0. The van der Waals surface area contributed by atoms with Crippen molar-refractivity contribution in [3.63, 3.8) is 0 Å². The van der Waals surface area contributed by atoms with Crippen molar-refractivity contribution in [2.75, 3.05) is 11.9 Å². The van der Waals surface area contributed by atoms with E-state index < -0.39 is 5.82 Å². The summed E-state index contributed by atoms with van der Waals surface area (Å²) in [6.45, 7) is 1.83. The molecule has 5 heteroatoms. The third kappa shape index (κ3) is 2.71. The Hall–Kier alpha value is -1.12. The van der Waals surface area contributed by atoms with E-state index in [1.807, 2.05) is 13.0 Å². The Bertz CT molecular complexity index is 413. The third-order valence-electron chi connectivity index (χ3n) is 2.28. The Labute approximate surface area is 102 Å². The number of hydrogen-bond donors (Lipinski definition) is 2. The number of nitrogens with one attached hydrogen (secondary N) is 1. The minimum Gasteiger partial charge on any atom is -0.394 e. The summed E-state index contributed by atoms with van der Waals surface area (Å²) < 4.78 is 13.9. The van der Waals surface area contributed by atoms with Crippen molar-refractivity contribution in [2.24, 2.45) is 0 Å². The van der Waals surface area contributed by atoms with Gasteiger partial charge in [-0.15, -0.1) is 0 Å². The van der Waals surface area contributed by atoms with Gasteiger partial charge in [0.25, 0.3) is 0 Å². The van der Waals surface area contributed by atoms with E-state index in [9.17, 15) is 4.39 Å². The summed E-state index contributed by atoms with van der Waals surface area (Å²) in [6, 6.07) is 4.72. The maximum Gasteiger partial charge on any atom is 0.161 e. The molecule has 0 bridgehead atoms. The van der Waals surface area contributed by atoms with Crippen LogP contribution in [0.25, 0.3) is 0 Å². The standard InChI is InChI=1S/C11H12BrFN2O/c1-2-8(6-16)15-9-4-3-7(5-14)10(12)11(9)13/h3-4,8,15-16H,2,6H2,1H3. The number of nitrogens with zero attached hydrogens (tertiary/aromatic N) is 1. The van der Waals surface area contributed by atoms with Crippen molar-refractivity contribution in [1.29, 1.82) is 5.26 Å². The summed E-state index contributed by atoms with van der Waals surface area (Å²) in [5.74, 6) is -0.508. The van der Waals surface area contributed by atoms with Crippen LogP contribution in [0.15, 0.2) is 16.6 Å². The highest BCUT2D eigenvalue weighted by Gasteiger charge is 2.13. The van der Waals surface area contributed by atoms with Gasteiger partial charge in [-0.3, -0.25) is 0 Å². The fraction of sp³-hybridized carbons (Fsp3) is 0.364. The lowest BCUT2D eigenvalue weighted by Crippen LogP contribution is -2.23. The molecule has 16 heavy (non-hydrogen) atoms. The number of anilines is 1. The second-order valence-corrected chi connectivity index (χ2v) is 4.13.